The van der Waals surface area contributed by atoms with Crippen molar-refractivity contribution in [2.24, 2.45) is 23.7 Å². The van der Waals surface area contributed by atoms with Gasteiger partial charge in [-0.15, -0.1) is 0 Å². The van der Waals surface area contributed by atoms with Crippen LogP contribution in [0.1, 0.15) is 60.8 Å². The normalized spacial score (nSPS) is 29.2. The molecule has 7 fully saturated rings. The molecule has 0 heterocycles. The first kappa shape index (κ1) is 75.4. The summed E-state index contributed by atoms with van der Waals surface area (Å²) < 4.78 is 0. The summed E-state index contributed by atoms with van der Waals surface area (Å²) in [6.07, 6.45) is 8.12. The first-order valence-electron chi connectivity index (χ1n) is 14.9. The summed E-state index contributed by atoms with van der Waals surface area (Å²) >= 11 is 0. The van der Waals surface area contributed by atoms with Crippen molar-refractivity contribution in [3.05, 3.63) is 203 Å². The molecule has 4 aromatic rings. The Morgan fingerprint density at radius 3 is 0.685 bits per heavy atom. The van der Waals surface area contributed by atoms with Gasteiger partial charge in [0, 0.05) is 226 Å². The van der Waals surface area contributed by atoms with Crippen LogP contribution >= 0.6 is 0 Å². The summed E-state index contributed by atoms with van der Waals surface area (Å²) in [7, 11) is 0. The third-order valence-corrected chi connectivity index (χ3v) is 12.7. The van der Waals surface area contributed by atoms with Crippen LogP contribution < -0.4 is 0 Å². The molecule has 8 bridgehead atoms. The molecule has 288 valence electrons. The first-order chi connectivity index (χ1) is 18.7. The van der Waals surface area contributed by atoms with Gasteiger partial charge in [-0.3, -0.25) is 0 Å². The summed E-state index contributed by atoms with van der Waals surface area (Å²) in [5.41, 5.74) is 7.72. The molecule has 0 aliphatic heterocycles. The van der Waals surface area contributed by atoms with Crippen LogP contribution in [0.5, 0.6) is 0 Å². The molecule has 11 rings (SSSR count). The third-order valence-electron chi connectivity index (χ3n) is 12.7. The third kappa shape index (κ3) is 11.0. The molecule has 0 nitrogen and oxygen atoms in total. The van der Waals surface area contributed by atoms with E-state index in [4.69, 9.17) is 0 Å². The topological polar surface area (TPSA) is 0 Å². The molecule has 4 aromatic carbocycles. The Balaban J connectivity index is -0.000000220. The van der Waals surface area contributed by atoms with Crippen molar-refractivity contribution < 1.29 is 215 Å². The maximum Gasteiger partial charge on any atom is 0.00245 e. The minimum Gasteiger partial charge on any atom is -0.358 e. The number of hydrogen-bond donors (Lipinski definition) is 0. The van der Waals surface area contributed by atoms with Gasteiger partial charge in [-0.05, 0) is 95.3 Å². The Morgan fingerprint density at radius 1 is 0.296 bits per heavy atom. The van der Waals surface area contributed by atoms with E-state index in [1.165, 1.54) is 38.5 Å². The molecule has 7 saturated carbocycles. The maximum atomic E-state index is 2.51. The van der Waals surface area contributed by atoms with Crippen molar-refractivity contribution >= 4 is 0 Å². The van der Waals surface area contributed by atoms with Gasteiger partial charge in [0.2, 0.25) is 0 Å². The Kier molecular flexibility index (Phi) is 41.1. The van der Waals surface area contributed by atoms with E-state index in [1.807, 2.05) is 0 Å². The molecule has 0 aromatic heterocycles. The van der Waals surface area contributed by atoms with Crippen molar-refractivity contribution in [3.8, 4) is 0 Å². The van der Waals surface area contributed by atoms with Crippen molar-refractivity contribution in [3.63, 3.8) is 0 Å². The summed E-state index contributed by atoms with van der Waals surface area (Å²) in [6, 6.07) is 47.2. The Hall–Kier alpha value is 4.05. The van der Waals surface area contributed by atoms with E-state index >= 15 is 0 Å². The minimum atomic E-state index is 0. The molecular formula is C46H60W4Y4-8. The quantitative estimate of drug-likeness (QED) is 0.179. The van der Waals surface area contributed by atoms with E-state index in [1.54, 1.807) is 22.3 Å². The molecule has 54 heavy (non-hydrogen) atoms. The molecule has 8 heteroatoms. The van der Waals surface area contributed by atoms with Gasteiger partial charge in [0.05, 0.1) is 0 Å². The maximum absolute atomic E-state index is 2.51. The molecule has 0 spiro atoms. The van der Waals surface area contributed by atoms with E-state index in [2.05, 4.69) is 121 Å². The second-order valence-corrected chi connectivity index (χ2v) is 13.7. The smallest absolute Gasteiger partial charge is 0.00245 e. The first-order valence-corrected chi connectivity index (χ1v) is 14.9. The molecule has 4 radical (unpaired) electrons. The van der Waals surface area contributed by atoms with Crippen molar-refractivity contribution in [2.45, 2.75) is 60.2 Å². The van der Waals surface area contributed by atoms with E-state index in [0.717, 1.165) is 23.7 Å². The Labute approximate surface area is 493 Å². The van der Waals surface area contributed by atoms with Crippen LogP contribution in [0, 0.1) is 83.1 Å². The van der Waals surface area contributed by atoms with Crippen molar-refractivity contribution in [1.29, 1.82) is 0 Å². The zero-order valence-corrected chi connectivity index (χ0v) is 57.1. The Morgan fingerprint density at radius 2 is 0.481 bits per heavy atom. The van der Waals surface area contributed by atoms with E-state index < -0.39 is 0 Å². The monoisotopic (exact) mass is 1700 g/mol. The molecule has 0 saturated heterocycles. The van der Waals surface area contributed by atoms with Crippen LogP contribution in [0.25, 0.3) is 0 Å². The van der Waals surface area contributed by atoms with Gasteiger partial charge in [-0.1, -0.05) is 121 Å². The molecule has 7 aliphatic carbocycles. The summed E-state index contributed by atoms with van der Waals surface area (Å²) in [6.45, 7) is 0. The van der Waals surface area contributed by atoms with E-state index in [-0.39, 0.29) is 275 Å². The van der Waals surface area contributed by atoms with Gasteiger partial charge in [0.25, 0.3) is 0 Å². The number of rotatable bonds is 4. The minimum absolute atomic E-state index is 0. The van der Waals surface area contributed by atoms with Crippen LogP contribution in [0.15, 0.2) is 121 Å². The van der Waals surface area contributed by atoms with Crippen molar-refractivity contribution in [2.75, 3.05) is 0 Å². The summed E-state index contributed by atoms with van der Waals surface area (Å²) in [5.74, 6) is 2.97. The molecular weight excluding hydrogens is 1640 g/mol. The van der Waals surface area contributed by atoms with Crippen LogP contribution in [0.3, 0.4) is 0 Å². The Bertz CT molecular complexity index is 1380. The zero-order valence-electron chi connectivity index (χ0n) is 34.0. The predicted octanol–water partition coefficient (Wildman–Crippen LogP) is 12.2. The molecule has 0 amide bonds. The zero-order chi connectivity index (χ0) is 25.0. The standard InChI is InChI=1S/C38H36.8CH3.4W.4Y/c1-5-13-27(14-6-1)35-21-31-33-23-36(28-15-7-2-8-16-28)24-34(37(33,25-35)29-17-9-3-10-18-29)32(22-35)38(31,26-36)30-19-11-4-12-20-30;;;;;;;;;;;;;;;;/h1-20,31-34H,21-26H2;8*1H3;;;;;;;;/q;8*-1;;;;;;;;. The van der Waals surface area contributed by atoms with Crippen molar-refractivity contribution in [1.82, 2.24) is 0 Å². The second-order valence-electron chi connectivity index (χ2n) is 13.7. The molecule has 7 aliphatic rings. The molecule has 4 atom stereocenters. The SMILES string of the molecule is [CH3-].[CH3-].[CH3-].[CH3-].[CH3-].[CH3-].[CH3-].[CH3-].[W].[W].[W].[W].[Y].[Y].[Y].[Y].c1ccc(C23CC4C5CC6(c7ccccc7)CC(C(C2)C4(c2ccccc2)C6)C5(c2ccccc2)C3)cc1. The average Bonchev–Trinajstić information content (AvgIpc) is 3.01. The largest absolute Gasteiger partial charge is 0.358 e. The fourth-order valence-electron chi connectivity index (χ4n) is 11.9. The molecule has 4 unspecified atom stereocenters. The fraction of sp³-hybridized carbons (Fsp3) is 0.304. The predicted molar refractivity (Wildman–Crippen MR) is 205 cm³/mol. The summed E-state index contributed by atoms with van der Waals surface area (Å²) in [5, 5.41) is 0. The summed E-state index contributed by atoms with van der Waals surface area (Å²) in [4.78, 5) is 0. The van der Waals surface area contributed by atoms with Crippen LogP contribution in [-0.4, -0.2) is 0 Å². The van der Waals surface area contributed by atoms with Gasteiger partial charge in [0.1, 0.15) is 0 Å². The number of benzene rings is 4. The van der Waals surface area contributed by atoms with Gasteiger partial charge in [0.15, 0.2) is 0 Å². The van der Waals surface area contributed by atoms with Gasteiger partial charge in [-0.2, -0.15) is 0 Å². The van der Waals surface area contributed by atoms with E-state index in [0.29, 0.717) is 21.7 Å². The van der Waals surface area contributed by atoms with Gasteiger partial charge >= 0.3 is 0 Å². The van der Waals surface area contributed by atoms with Gasteiger partial charge in [-0.25, -0.2) is 0 Å². The van der Waals surface area contributed by atoms with Gasteiger partial charge < -0.3 is 59.4 Å². The van der Waals surface area contributed by atoms with Crippen LogP contribution in [0.2, 0.25) is 0 Å². The van der Waals surface area contributed by atoms with Crippen LogP contribution in [-0.2, 0) is 237 Å². The average molecular weight is 1700 g/mol. The second kappa shape index (κ2) is 29.4. The number of hydrogen-bond acceptors (Lipinski definition) is 0. The fourth-order valence-corrected chi connectivity index (χ4v) is 11.9. The van der Waals surface area contributed by atoms with E-state index in [9.17, 15) is 0 Å². The molecule has 0 N–H and O–H groups in total. The van der Waals surface area contributed by atoms with Crippen LogP contribution in [0.4, 0.5) is 0 Å².